The van der Waals surface area contributed by atoms with E-state index in [4.69, 9.17) is 4.74 Å². The molecule has 1 saturated carbocycles. The Morgan fingerprint density at radius 2 is 1.62 bits per heavy atom. The van der Waals surface area contributed by atoms with E-state index in [2.05, 4.69) is 11.9 Å². The standard InChI is InChI=1S/C22H23NO5S/c1-2-23-21(25)16-22(14-12-17(24)13-15-22)29(26,27)20-10-8-19(9-11-20)28-18-6-4-3-5-7-18/h2-11H,1,12-16H2,(H,23,25). The van der Waals surface area contributed by atoms with Gasteiger partial charge < -0.3 is 10.1 Å². The SMILES string of the molecule is C=CNC(=O)CC1(S(=O)(=O)c2ccc(Oc3ccccc3)cc2)CCC(=O)CC1. The van der Waals surface area contributed by atoms with Crippen LogP contribution < -0.4 is 10.1 Å². The molecule has 0 aliphatic heterocycles. The first-order chi connectivity index (χ1) is 13.9. The second kappa shape index (κ2) is 8.61. The smallest absolute Gasteiger partial charge is 0.225 e. The number of amides is 1. The summed E-state index contributed by atoms with van der Waals surface area (Å²) in [5.41, 5.74) is 0. The van der Waals surface area contributed by atoms with Gasteiger partial charge >= 0.3 is 0 Å². The van der Waals surface area contributed by atoms with Crippen molar-refractivity contribution in [3.05, 3.63) is 67.4 Å². The highest BCUT2D eigenvalue weighted by atomic mass is 32.2. The summed E-state index contributed by atoms with van der Waals surface area (Å²) >= 11 is 0. The molecule has 2 aromatic rings. The van der Waals surface area contributed by atoms with Crippen molar-refractivity contribution in [2.45, 2.75) is 41.7 Å². The van der Waals surface area contributed by atoms with Crippen molar-refractivity contribution in [3.8, 4) is 11.5 Å². The number of ether oxygens (including phenoxy) is 1. The van der Waals surface area contributed by atoms with Gasteiger partial charge in [-0.25, -0.2) is 8.42 Å². The second-order valence-corrected chi connectivity index (χ2v) is 9.40. The minimum absolute atomic E-state index is 0.0200. The Bertz CT molecular complexity index is 987. The zero-order valence-corrected chi connectivity index (χ0v) is 16.8. The van der Waals surface area contributed by atoms with Gasteiger partial charge in [-0.1, -0.05) is 24.8 Å². The molecule has 0 spiro atoms. The number of hydrogen-bond acceptors (Lipinski definition) is 5. The maximum absolute atomic E-state index is 13.5. The van der Waals surface area contributed by atoms with Crippen LogP contribution in [0.1, 0.15) is 32.1 Å². The fraction of sp³-hybridized carbons (Fsp3) is 0.273. The Morgan fingerprint density at radius 1 is 1.03 bits per heavy atom. The Hall–Kier alpha value is -2.93. The molecule has 1 N–H and O–H groups in total. The highest BCUT2D eigenvalue weighted by molar-refractivity contribution is 7.92. The lowest BCUT2D eigenvalue weighted by Crippen LogP contribution is -2.45. The molecule has 3 rings (SSSR count). The van der Waals surface area contributed by atoms with Gasteiger partial charge in [0.05, 0.1) is 9.64 Å². The number of ketones is 1. The molecule has 29 heavy (non-hydrogen) atoms. The number of sulfone groups is 1. The Kier molecular flexibility index (Phi) is 6.17. The van der Waals surface area contributed by atoms with Crippen LogP contribution in [-0.4, -0.2) is 24.9 Å². The quantitative estimate of drug-likeness (QED) is 0.746. The normalized spacial score (nSPS) is 16.1. The third kappa shape index (κ3) is 4.56. The molecule has 0 bridgehead atoms. The summed E-state index contributed by atoms with van der Waals surface area (Å²) in [5.74, 6) is 0.743. The molecule has 1 amide bonds. The molecule has 0 radical (unpaired) electrons. The van der Waals surface area contributed by atoms with Crippen LogP contribution in [0.3, 0.4) is 0 Å². The van der Waals surface area contributed by atoms with Crippen LogP contribution in [0.25, 0.3) is 0 Å². The topological polar surface area (TPSA) is 89.5 Å². The summed E-state index contributed by atoms with van der Waals surface area (Å²) in [6.07, 6.45) is 1.57. The lowest BCUT2D eigenvalue weighted by atomic mass is 9.85. The molecule has 2 aromatic carbocycles. The highest BCUT2D eigenvalue weighted by Gasteiger charge is 2.48. The molecule has 0 atom stereocenters. The van der Waals surface area contributed by atoms with E-state index >= 15 is 0 Å². The second-order valence-electron chi connectivity index (χ2n) is 7.06. The van der Waals surface area contributed by atoms with Crippen LogP contribution in [0.15, 0.2) is 72.3 Å². The van der Waals surface area contributed by atoms with Gasteiger partial charge in [-0.15, -0.1) is 0 Å². The number of carbonyl (C=O) groups excluding carboxylic acids is 2. The number of para-hydroxylation sites is 1. The van der Waals surface area contributed by atoms with Gasteiger partial charge in [-0.05, 0) is 55.4 Å². The predicted octanol–water partition coefficient (Wildman–Crippen LogP) is 3.78. The van der Waals surface area contributed by atoms with E-state index in [1.54, 1.807) is 24.3 Å². The zero-order chi connectivity index (χ0) is 20.9. The fourth-order valence-electron chi connectivity index (χ4n) is 3.54. The zero-order valence-electron chi connectivity index (χ0n) is 16.0. The predicted molar refractivity (Wildman–Crippen MR) is 109 cm³/mol. The summed E-state index contributed by atoms with van der Waals surface area (Å²) in [4.78, 5) is 24.0. The highest BCUT2D eigenvalue weighted by Crippen LogP contribution is 2.41. The third-order valence-electron chi connectivity index (χ3n) is 5.15. The van der Waals surface area contributed by atoms with Gasteiger partial charge in [-0.2, -0.15) is 0 Å². The lowest BCUT2D eigenvalue weighted by molar-refractivity contribution is -0.124. The van der Waals surface area contributed by atoms with E-state index in [1.807, 2.05) is 18.2 Å². The van der Waals surface area contributed by atoms with Crippen molar-refractivity contribution in [1.82, 2.24) is 5.32 Å². The molecule has 7 heteroatoms. The number of nitrogens with one attached hydrogen (secondary N) is 1. The van der Waals surface area contributed by atoms with Crippen LogP contribution in [-0.2, 0) is 19.4 Å². The minimum atomic E-state index is -3.85. The molecular formula is C22H23NO5S. The van der Waals surface area contributed by atoms with E-state index in [-0.39, 0.29) is 42.8 Å². The fourth-order valence-corrected chi connectivity index (χ4v) is 5.60. The third-order valence-corrected chi connectivity index (χ3v) is 7.73. The Balaban J connectivity index is 1.88. The molecule has 152 valence electrons. The van der Waals surface area contributed by atoms with Crippen molar-refractivity contribution < 1.29 is 22.7 Å². The number of carbonyl (C=O) groups is 2. The van der Waals surface area contributed by atoms with Gasteiger partial charge in [0.1, 0.15) is 17.3 Å². The van der Waals surface area contributed by atoms with E-state index in [0.717, 1.165) is 0 Å². The molecule has 0 heterocycles. The number of hydrogen-bond donors (Lipinski definition) is 1. The first-order valence-electron chi connectivity index (χ1n) is 9.36. The molecule has 1 aliphatic carbocycles. The number of rotatable bonds is 7. The minimum Gasteiger partial charge on any atom is -0.457 e. The average molecular weight is 413 g/mol. The molecule has 1 aliphatic rings. The van der Waals surface area contributed by atoms with Gasteiger partial charge in [0, 0.05) is 19.3 Å². The van der Waals surface area contributed by atoms with E-state index in [9.17, 15) is 18.0 Å². The van der Waals surface area contributed by atoms with Crippen molar-refractivity contribution in [2.75, 3.05) is 0 Å². The molecule has 1 fully saturated rings. The van der Waals surface area contributed by atoms with Crippen molar-refractivity contribution in [3.63, 3.8) is 0 Å². The van der Waals surface area contributed by atoms with Gasteiger partial charge in [0.2, 0.25) is 5.91 Å². The van der Waals surface area contributed by atoms with Gasteiger partial charge in [0.15, 0.2) is 9.84 Å². The van der Waals surface area contributed by atoms with Crippen LogP contribution in [0.5, 0.6) is 11.5 Å². The Labute approximate surface area is 170 Å². The Morgan fingerprint density at radius 3 is 2.21 bits per heavy atom. The summed E-state index contributed by atoms with van der Waals surface area (Å²) in [6, 6.07) is 15.3. The molecular weight excluding hydrogens is 390 g/mol. The largest absolute Gasteiger partial charge is 0.457 e. The maximum Gasteiger partial charge on any atom is 0.225 e. The summed E-state index contributed by atoms with van der Waals surface area (Å²) in [6.45, 7) is 3.44. The van der Waals surface area contributed by atoms with Crippen LogP contribution in [0.2, 0.25) is 0 Å². The average Bonchev–Trinajstić information content (AvgIpc) is 2.71. The van der Waals surface area contributed by atoms with E-state index in [0.29, 0.717) is 11.5 Å². The molecule has 0 saturated heterocycles. The van der Waals surface area contributed by atoms with Crippen LogP contribution in [0.4, 0.5) is 0 Å². The van der Waals surface area contributed by atoms with Crippen molar-refractivity contribution in [2.24, 2.45) is 0 Å². The summed E-state index contributed by atoms with van der Waals surface area (Å²) < 4.78 is 31.3. The summed E-state index contributed by atoms with van der Waals surface area (Å²) in [5, 5.41) is 2.44. The van der Waals surface area contributed by atoms with Crippen LogP contribution >= 0.6 is 0 Å². The first kappa shape index (κ1) is 20.8. The maximum atomic E-state index is 13.5. The van der Waals surface area contributed by atoms with Crippen molar-refractivity contribution in [1.29, 1.82) is 0 Å². The monoisotopic (exact) mass is 413 g/mol. The molecule has 0 unspecified atom stereocenters. The molecule has 6 nitrogen and oxygen atoms in total. The first-order valence-corrected chi connectivity index (χ1v) is 10.8. The van der Waals surface area contributed by atoms with Crippen molar-refractivity contribution >= 4 is 21.5 Å². The molecule has 0 aromatic heterocycles. The van der Waals surface area contributed by atoms with E-state index < -0.39 is 20.5 Å². The number of Topliss-reactive ketones (excluding diaryl/α,β-unsaturated/α-hetero) is 1. The van der Waals surface area contributed by atoms with E-state index in [1.165, 1.54) is 18.3 Å². The summed E-state index contributed by atoms with van der Waals surface area (Å²) in [7, 11) is -3.85. The van der Waals surface area contributed by atoms with Gasteiger partial charge in [-0.3, -0.25) is 9.59 Å². The van der Waals surface area contributed by atoms with Crippen LogP contribution in [0, 0.1) is 0 Å². The lowest BCUT2D eigenvalue weighted by Gasteiger charge is -2.35. The number of benzene rings is 2. The van der Waals surface area contributed by atoms with Gasteiger partial charge in [0.25, 0.3) is 0 Å².